The predicted molar refractivity (Wildman–Crippen MR) is 70.1 cm³/mol. The Morgan fingerprint density at radius 1 is 1.00 bits per heavy atom. The van der Waals surface area contributed by atoms with Gasteiger partial charge in [0.1, 0.15) is 0 Å². The van der Waals surface area contributed by atoms with Crippen LogP contribution in [0.2, 0.25) is 0 Å². The van der Waals surface area contributed by atoms with Crippen molar-refractivity contribution in [2.45, 2.75) is 6.54 Å². The summed E-state index contributed by atoms with van der Waals surface area (Å²) >= 11 is 0. The van der Waals surface area contributed by atoms with Crippen LogP contribution in [0.5, 0.6) is 0 Å². The summed E-state index contributed by atoms with van der Waals surface area (Å²) in [7, 11) is 0. The van der Waals surface area contributed by atoms with Gasteiger partial charge in [0.05, 0.1) is 0 Å². The van der Waals surface area contributed by atoms with Crippen molar-refractivity contribution in [1.29, 1.82) is 0 Å². The van der Waals surface area contributed by atoms with E-state index in [4.69, 9.17) is 5.73 Å². The van der Waals surface area contributed by atoms with Gasteiger partial charge in [0.15, 0.2) is 0 Å². The summed E-state index contributed by atoms with van der Waals surface area (Å²) in [6.45, 7) is 4.69. The predicted octanol–water partition coefficient (Wildman–Crippen LogP) is 2.58. The quantitative estimate of drug-likeness (QED) is 0.652. The molecule has 1 heteroatoms. The zero-order valence-corrected chi connectivity index (χ0v) is 9.03. The van der Waals surface area contributed by atoms with E-state index in [9.17, 15) is 0 Å². The first-order valence-electron chi connectivity index (χ1n) is 5.43. The Morgan fingerprint density at radius 3 is 2.44 bits per heavy atom. The van der Waals surface area contributed by atoms with Crippen LogP contribution < -0.4 is 11.0 Å². The van der Waals surface area contributed by atoms with Gasteiger partial charge in [-0.1, -0.05) is 43.0 Å². The lowest BCUT2D eigenvalue weighted by Gasteiger charge is -2.08. The zero-order valence-electron chi connectivity index (χ0n) is 9.03. The number of benzene rings is 3. The Bertz CT molecular complexity index is 708. The maximum absolute atomic E-state index is 5.75. The van der Waals surface area contributed by atoms with Crippen LogP contribution in [-0.2, 0) is 6.54 Å². The van der Waals surface area contributed by atoms with Gasteiger partial charge < -0.3 is 5.73 Å². The monoisotopic (exact) mass is 207 g/mol. The van der Waals surface area contributed by atoms with Crippen molar-refractivity contribution >= 4 is 28.1 Å². The van der Waals surface area contributed by atoms with Crippen molar-refractivity contribution in [3.8, 4) is 0 Å². The number of hydrogen-bond acceptors (Lipinski definition) is 1. The lowest BCUT2D eigenvalue weighted by Crippen LogP contribution is -2.12. The van der Waals surface area contributed by atoms with Crippen molar-refractivity contribution in [3.05, 3.63) is 53.2 Å². The van der Waals surface area contributed by atoms with E-state index in [1.54, 1.807) is 0 Å². The van der Waals surface area contributed by atoms with Gasteiger partial charge in [-0.3, -0.25) is 0 Å². The Morgan fingerprint density at radius 2 is 1.69 bits per heavy atom. The van der Waals surface area contributed by atoms with Gasteiger partial charge in [-0.15, -0.1) is 0 Å². The van der Waals surface area contributed by atoms with Crippen LogP contribution in [0, 0.1) is 0 Å². The Balaban J connectivity index is 2.66. The van der Waals surface area contributed by atoms with Crippen LogP contribution in [0.1, 0.15) is 5.56 Å². The second kappa shape index (κ2) is 3.32. The van der Waals surface area contributed by atoms with Gasteiger partial charge in [0.2, 0.25) is 0 Å². The molecule has 16 heavy (non-hydrogen) atoms. The molecular weight excluding hydrogens is 194 g/mol. The van der Waals surface area contributed by atoms with E-state index in [-0.39, 0.29) is 0 Å². The highest BCUT2D eigenvalue weighted by Gasteiger charge is 2.04. The Kier molecular flexibility index (Phi) is 1.95. The second-order valence-electron chi connectivity index (χ2n) is 4.10. The van der Waals surface area contributed by atoms with Crippen LogP contribution in [0.3, 0.4) is 0 Å². The van der Waals surface area contributed by atoms with Crippen molar-refractivity contribution < 1.29 is 0 Å². The first-order valence-corrected chi connectivity index (χ1v) is 5.43. The van der Waals surface area contributed by atoms with Crippen molar-refractivity contribution in [2.24, 2.45) is 5.73 Å². The molecule has 0 aliphatic heterocycles. The maximum Gasteiger partial charge on any atom is 0.0184 e. The molecular formula is C15H13N. The summed E-state index contributed by atoms with van der Waals surface area (Å²) in [5.74, 6) is 0. The van der Waals surface area contributed by atoms with E-state index in [1.807, 2.05) is 0 Å². The molecule has 2 N–H and O–H groups in total. The first-order chi connectivity index (χ1) is 7.81. The molecule has 0 saturated carbocycles. The van der Waals surface area contributed by atoms with E-state index in [1.165, 1.54) is 21.5 Å². The number of hydrogen-bond donors (Lipinski definition) is 1. The van der Waals surface area contributed by atoms with E-state index in [0.717, 1.165) is 10.8 Å². The summed E-state index contributed by atoms with van der Waals surface area (Å²) in [6.07, 6.45) is 0. The molecule has 0 aromatic heterocycles. The topological polar surface area (TPSA) is 26.0 Å². The molecule has 78 valence electrons. The molecule has 1 nitrogen and oxygen atoms in total. The van der Waals surface area contributed by atoms with Crippen LogP contribution in [0.25, 0.3) is 28.1 Å². The fourth-order valence-corrected chi connectivity index (χ4v) is 2.37. The molecule has 0 saturated heterocycles. The summed E-state index contributed by atoms with van der Waals surface area (Å²) in [5, 5.41) is 6.10. The highest BCUT2D eigenvalue weighted by atomic mass is 14.5. The molecule has 0 bridgehead atoms. The standard InChI is InChI=1S/C15H13N/c1-10-13(9-16)8-12-6-2-4-11-5-3-7-14(10)15(11)12/h2-8H,1,9,16H2. The average molecular weight is 207 g/mol. The number of nitrogens with two attached hydrogens (primary N) is 1. The third-order valence-corrected chi connectivity index (χ3v) is 3.20. The Hall–Kier alpha value is -1.86. The maximum atomic E-state index is 5.75. The third kappa shape index (κ3) is 1.15. The van der Waals surface area contributed by atoms with Crippen molar-refractivity contribution in [1.82, 2.24) is 0 Å². The van der Waals surface area contributed by atoms with E-state index in [2.05, 4.69) is 49.0 Å². The van der Waals surface area contributed by atoms with Crippen molar-refractivity contribution in [2.75, 3.05) is 0 Å². The molecule has 3 aromatic carbocycles. The highest BCUT2D eigenvalue weighted by Crippen LogP contribution is 2.24. The first kappa shape index (κ1) is 9.37. The smallest absolute Gasteiger partial charge is 0.0184 e. The molecule has 0 amide bonds. The largest absolute Gasteiger partial charge is 0.326 e. The highest BCUT2D eigenvalue weighted by molar-refractivity contribution is 6.10. The molecule has 3 rings (SSSR count). The zero-order chi connectivity index (χ0) is 11.1. The fraction of sp³-hybridized carbons (Fsp3) is 0.0667. The van der Waals surface area contributed by atoms with Gasteiger partial charge in [0.25, 0.3) is 0 Å². The van der Waals surface area contributed by atoms with E-state index >= 15 is 0 Å². The molecule has 0 spiro atoms. The Labute approximate surface area is 94.2 Å². The van der Waals surface area contributed by atoms with Crippen LogP contribution >= 0.6 is 0 Å². The lowest BCUT2D eigenvalue weighted by molar-refractivity contribution is 1.07. The third-order valence-electron chi connectivity index (χ3n) is 3.20. The van der Waals surface area contributed by atoms with Gasteiger partial charge in [-0.2, -0.15) is 0 Å². The minimum absolute atomic E-state index is 0.545. The van der Waals surface area contributed by atoms with Crippen LogP contribution in [0.4, 0.5) is 0 Å². The summed E-state index contributed by atoms with van der Waals surface area (Å²) < 4.78 is 0. The van der Waals surface area contributed by atoms with Crippen LogP contribution in [0.15, 0.2) is 42.5 Å². The molecule has 0 fully saturated rings. The SMILES string of the molecule is C=c1c(CN)cc2cccc3cccc1c32. The summed E-state index contributed by atoms with van der Waals surface area (Å²) in [4.78, 5) is 0. The number of rotatable bonds is 1. The summed E-state index contributed by atoms with van der Waals surface area (Å²) in [6, 6.07) is 14.8. The molecule has 0 aliphatic rings. The summed E-state index contributed by atoms with van der Waals surface area (Å²) in [5.41, 5.74) is 6.88. The van der Waals surface area contributed by atoms with Gasteiger partial charge in [0, 0.05) is 6.54 Å². The lowest BCUT2D eigenvalue weighted by atomic mass is 9.96. The van der Waals surface area contributed by atoms with E-state index < -0.39 is 0 Å². The fourth-order valence-electron chi connectivity index (χ4n) is 2.37. The molecule has 0 aliphatic carbocycles. The molecule has 0 unspecified atom stereocenters. The molecule has 3 aromatic rings. The average Bonchev–Trinajstić information content (AvgIpc) is 2.33. The van der Waals surface area contributed by atoms with Crippen molar-refractivity contribution in [3.63, 3.8) is 0 Å². The van der Waals surface area contributed by atoms with Crippen LogP contribution in [-0.4, -0.2) is 0 Å². The van der Waals surface area contributed by atoms with Gasteiger partial charge in [-0.05, 0) is 38.4 Å². The normalized spacial score (nSPS) is 11.3. The minimum Gasteiger partial charge on any atom is -0.326 e. The van der Waals surface area contributed by atoms with Gasteiger partial charge in [-0.25, -0.2) is 0 Å². The van der Waals surface area contributed by atoms with Gasteiger partial charge >= 0.3 is 0 Å². The molecule has 0 atom stereocenters. The second-order valence-corrected chi connectivity index (χ2v) is 4.10. The molecule has 0 heterocycles. The van der Waals surface area contributed by atoms with E-state index in [0.29, 0.717) is 6.54 Å². The molecule has 0 radical (unpaired) electrons. The minimum atomic E-state index is 0.545.